The predicted octanol–water partition coefficient (Wildman–Crippen LogP) is 2.98. The van der Waals surface area contributed by atoms with E-state index in [1.807, 2.05) is 13.8 Å². The van der Waals surface area contributed by atoms with Crippen LogP contribution < -0.4 is 0 Å². The van der Waals surface area contributed by atoms with Crippen LogP contribution in [0.1, 0.15) is 34.6 Å². The van der Waals surface area contributed by atoms with Crippen LogP contribution >= 0.6 is 0 Å². The highest BCUT2D eigenvalue weighted by Crippen LogP contribution is 2.35. The molecule has 0 aliphatic heterocycles. The van der Waals surface area contributed by atoms with Crippen molar-refractivity contribution in [2.45, 2.75) is 46.4 Å². The lowest BCUT2D eigenvalue weighted by molar-refractivity contribution is -0.267. The van der Waals surface area contributed by atoms with E-state index in [1.165, 1.54) is 13.8 Å². The molecule has 0 aliphatic carbocycles. The Morgan fingerprint density at radius 1 is 1.08 bits per heavy atom. The van der Waals surface area contributed by atoms with Gasteiger partial charge in [-0.25, -0.2) is 0 Å². The molecule has 0 saturated heterocycles. The third kappa shape index (κ3) is 3.43. The highest BCUT2D eigenvalue weighted by molar-refractivity contribution is 4.84. The maximum Gasteiger partial charge on any atom is 0.417 e. The van der Waals surface area contributed by atoms with Gasteiger partial charge in [-0.15, -0.1) is 0 Å². The van der Waals surface area contributed by atoms with Crippen LogP contribution in [0.15, 0.2) is 0 Å². The second-order valence-electron chi connectivity index (χ2n) is 2.80. The highest BCUT2D eigenvalue weighted by atomic mass is 19.4. The van der Waals surface area contributed by atoms with Gasteiger partial charge < -0.3 is 5.11 Å². The molecule has 0 aromatic rings. The monoisotopic (exact) mass is 186 g/mol. The molecule has 76 valence electrons. The van der Waals surface area contributed by atoms with Gasteiger partial charge in [0.2, 0.25) is 0 Å². The van der Waals surface area contributed by atoms with Crippen LogP contribution in [0.25, 0.3) is 0 Å². The third-order valence-electron chi connectivity index (χ3n) is 1.70. The summed E-state index contributed by atoms with van der Waals surface area (Å²) >= 11 is 0. The van der Waals surface area contributed by atoms with Crippen LogP contribution in [0.3, 0.4) is 0 Å². The summed E-state index contributed by atoms with van der Waals surface area (Å²) in [5, 5.41) is 8.80. The summed E-state index contributed by atoms with van der Waals surface area (Å²) in [6.07, 6.45) is -4.53. The lowest BCUT2D eigenvalue weighted by Gasteiger charge is -2.29. The number of alkyl halides is 3. The van der Waals surface area contributed by atoms with Gasteiger partial charge in [-0.2, -0.15) is 13.2 Å². The van der Waals surface area contributed by atoms with Gasteiger partial charge in [-0.3, -0.25) is 0 Å². The summed E-state index contributed by atoms with van der Waals surface area (Å²) in [6.45, 7) is 7.43. The fourth-order valence-electron chi connectivity index (χ4n) is 0.327. The Morgan fingerprint density at radius 3 is 1.33 bits per heavy atom. The first kappa shape index (κ1) is 14.3. The smallest absolute Gasteiger partial charge is 0.380 e. The number of rotatable bonds is 1. The lowest BCUT2D eigenvalue weighted by Crippen LogP contribution is -2.46. The molecule has 12 heavy (non-hydrogen) atoms. The third-order valence-corrected chi connectivity index (χ3v) is 1.70. The van der Waals surface area contributed by atoms with E-state index in [2.05, 4.69) is 0 Å². The molecule has 1 N–H and O–H groups in total. The average Bonchev–Trinajstić information content (AvgIpc) is 1.89. The van der Waals surface area contributed by atoms with Gasteiger partial charge >= 0.3 is 6.18 Å². The van der Waals surface area contributed by atoms with Gasteiger partial charge in [0.25, 0.3) is 0 Å². The van der Waals surface area contributed by atoms with Crippen molar-refractivity contribution in [3.05, 3.63) is 0 Å². The van der Waals surface area contributed by atoms with E-state index in [0.717, 1.165) is 6.92 Å². The van der Waals surface area contributed by atoms with E-state index >= 15 is 0 Å². The summed E-state index contributed by atoms with van der Waals surface area (Å²) in [4.78, 5) is 0. The molecule has 1 nitrogen and oxygen atoms in total. The molecule has 0 bridgehead atoms. The molecule has 4 heteroatoms. The fraction of sp³-hybridized carbons (Fsp3) is 1.00. The van der Waals surface area contributed by atoms with Crippen LogP contribution in [-0.4, -0.2) is 16.9 Å². The Bertz CT molecular complexity index is 116. The van der Waals surface area contributed by atoms with E-state index in [1.54, 1.807) is 0 Å². The molecular formula is C8H17F3O. The Labute approximate surface area is 71.6 Å². The van der Waals surface area contributed by atoms with Crippen molar-refractivity contribution >= 4 is 0 Å². The predicted molar refractivity (Wildman–Crippen MR) is 42.9 cm³/mol. The Hall–Kier alpha value is -0.250. The van der Waals surface area contributed by atoms with Crippen molar-refractivity contribution in [1.82, 2.24) is 0 Å². The molecule has 0 aromatic heterocycles. The average molecular weight is 186 g/mol. The van der Waals surface area contributed by atoms with E-state index in [4.69, 9.17) is 5.11 Å². The number of hydrogen-bond donors (Lipinski definition) is 1. The fourth-order valence-corrected chi connectivity index (χ4v) is 0.327. The van der Waals surface area contributed by atoms with E-state index in [9.17, 15) is 13.2 Å². The molecule has 0 spiro atoms. The molecular weight excluding hydrogens is 169 g/mol. The summed E-state index contributed by atoms with van der Waals surface area (Å²) in [6, 6.07) is 0. The molecule has 0 aliphatic rings. The zero-order valence-corrected chi connectivity index (χ0v) is 8.16. The van der Waals surface area contributed by atoms with Gasteiger partial charge in [0.15, 0.2) is 5.60 Å². The van der Waals surface area contributed by atoms with Gasteiger partial charge in [-0.1, -0.05) is 27.7 Å². The maximum absolute atomic E-state index is 11.8. The van der Waals surface area contributed by atoms with Crippen LogP contribution in [0, 0.1) is 5.92 Å². The molecule has 0 saturated carbocycles. The van der Waals surface area contributed by atoms with Crippen LogP contribution in [-0.2, 0) is 0 Å². The van der Waals surface area contributed by atoms with Crippen molar-refractivity contribution in [3.63, 3.8) is 0 Å². The largest absolute Gasteiger partial charge is 0.417 e. The minimum atomic E-state index is -4.53. The molecule has 0 unspecified atom stereocenters. The zero-order valence-electron chi connectivity index (χ0n) is 8.16. The first-order chi connectivity index (χ1) is 5.19. The zero-order chi connectivity index (χ0) is 10.6. The van der Waals surface area contributed by atoms with Crippen molar-refractivity contribution < 1.29 is 18.3 Å². The first-order valence-electron chi connectivity index (χ1n) is 3.98. The second kappa shape index (κ2) is 4.70. The molecule has 1 atom stereocenters. The molecule has 0 fully saturated rings. The highest BCUT2D eigenvalue weighted by Gasteiger charge is 2.51. The number of aliphatic hydroxyl groups is 1. The standard InChI is InChI=1S/C6H11F3O.C2H6/c1-4(2)5(3,10)6(7,8)9;1-2/h4,10H,1-3H3;1-2H3/t5-;/m1./s1. The van der Waals surface area contributed by atoms with E-state index in [-0.39, 0.29) is 0 Å². The Morgan fingerprint density at radius 2 is 1.33 bits per heavy atom. The van der Waals surface area contributed by atoms with Crippen LogP contribution in [0.2, 0.25) is 0 Å². The van der Waals surface area contributed by atoms with Gasteiger partial charge in [-0.05, 0) is 12.8 Å². The minimum Gasteiger partial charge on any atom is -0.380 e. The summed E-state index contributed by atoms with van der Waals surface area (Å²) < 4.78 is 35.5. The number of hydrogen-bond acceptors (Lipinski definition) is 1. The number of halogens is 3. The van der Waals surface area contributed by atoms with Crippen molar-refractivity contribution in [3.8, 4) is 0 Å². The first-order valence-corrected chi connectivity index (χ1v) is 3.98. The van der Waals surface area contributed by atoms with Crippen molar-refractivity contribution in [2.75, 3.05) is 0 Å². The normalized spacial score (nSPS) is 16.5. The van der Waals surface area contributed by atoms with Crippen molar-refractivity contribution in [2.24, 2.45) is 5.92 Å². The lowest BCUT2D eigenvalue weighted by atomic mass is 9.92. The van der Waals surface area contributed by atoms with Gasteiger partial charge in [0.1, 0.15) is 0 Å². The Balaban J connectivity index is 0. The van der Waals surface area contributed by atoms with Gasteiger partial charge in [0.05, 0.1) is 0 Å². The second-order valence-corrected chi connectivity index (χ2v) is 2.80. The van der Waals surface area contributed by atoms with Crippen molar-refractivity contribution in [1.29, 1.82) is 0 Å². The summed E-state index contributed by atoms with van der Waals surface area (Å²) in [5.74, 6) is -0.813. The minimum absolute atomic E-state index is 0.775. The van der Waals surface area contributed by atoms with Crippen LogP contribution in [0.5, 0.6) is 0 Å². The van der Waals surface area contributed by atoms with Gasteiger partial charge in [0, 0.05) is 0 Å². The topological polar surface area (TPSA) is 20.2 Å². The Kier molecular flexibility index (Phi) is 5.59. The molecule has 0 heterocycles. The van der Waals surface area contributed by atoms with Crippen LogP contribution in [0.4, 0.5) is 13.2 Å². The summed E-state index contributed by atoms with van der Waals surface area (Å²) in [5.41, 5.74) is -2.56. The molecule has 0 aromatic carbocycles. The summed E-state index contributed by atoms with van der Waals surface area (Å²) in [7, 11) is 0. The maximum atomic E-state index is 11.8. The quantitative estimate of drug-likeness (QED) is 0.667. The van der Waals surface area contributed by atoms with E-state index < -0.39 is 17.7 Å². The van der Waals surface area contributed by atoms with E-state index in [0.29, 0.717) is 0 Å². The molecule has 0 amide bonds. The molecule has 0 radical (unpaired) electrons. The molecule has 0 rings (SSSR count). The SMILES string of the molecule is CC.CC(C)[C@@](C)(O)C(F)(F)F.